The molecule has 0 spiro atoms. The molecule has 2 heterocycles. The second kappa shape index (κ2) is 8.96. The monoisotopic (exact) mass is 395 g/mol. The molecule has 0 bridgehead atoms. The summed E-state index contributed by atoms with van der Waals surface area (Å²) in [6, 6.07) is 17.3. The van der Waals surface area contributed by atoms with Gasteiger partial charge < -0.3 is 24.6 Å². The van der Waals surface area contributed by atoms with Crippen LogP contribution < -0.4 is 15.0 Å². The van der Waals surface area contributed by atoms with Crippen molar-refractivity contribution < 1.29 is 19.1 Å². The summed E-state index contributed by atoms with van der Waals surface area (Å²) in [5.74, 6) is 0.474. The molecular formula is C22H25N3O4. The lowest BCUT2D eigenvalue weighted by Gasteiger charge is -2.38. The summed E-state index contributed by atoms with van der Waals surface area (Å²) in [5.41, 5.74) is 1.87. The van der Waals surface area contributed by atoms with Crippen LogP contribution in [-0.4, -0.2) is 62.2 Å². The third-order valence-electron chi connectivity index (χ3n) is 5.13. The second-order valence-corrected chi connectivity index (χ2v) is 7.15. The number of morpholine rings is 1. The molecule has 2 aromatic rings. The number of carbonyl (C=O) groups excluding carboxylic acids is 2. The lowest BCUT2D eigenvalue weighted by atomic mass is 10.1. The predicted molar refractivity (Wildman–Crippen MR) is 109 cm³/mol. The normalized spacial score (nSPS) is 18.6. The van der Waals surface area contributed by atoms with Gasteiger partial charge in [0.15, 0.2) is 6.10 Å². The molecule has 2 aliphatic rings. The smallest absolute Gasteiger partial charge is 0.265 e. The van der Waals surface area contributed by atoms with Crippen LogP contribution in [0.4, 0.5) is 5.69 Å². The first-order valence-corrected chi connectivity index (χ1v) is 9.88. The zero-order chi connectivity index (χ0) is 20.1. The number of nitrogens with zero attached hydrogens (tertiary/aromatic N) is 2. The lowest BCUT2D eigenvalue weighted by Crippen LogP contribution is -2.54. The van der Waals surface area contributed by atoms with Crippen LogP contribution in [0.1, 0.15) is 5.56 Å². The first-order chi connectivity index (χ1) is 14.2. The molecular weight excluding hydrogens is 370 g/mol. The van der Waals surface area contributed by atoms with E-state index >= 15 is 0 Å². The topological polar surface area (TPSA) is 71.1 Å². The van der Waals surface area contributed by atoms with Crippen molar-refractivity contribution in [3.8, 4) is 5.75 Å². The van der Waals surface area contributed by atoms with Crippen LogP contribution >= 0.6 is 0 Å². The Morgan fingerprint density at radius 3 is 2.52 bits per heavy atom. The standard InChI is InChI=1S/C22H25N3O4/c26-21(23-14-17-6-2-1-3-7-17)16-25-15-20(22(27)24-10-12-28-13-11-24)29-19-9-5-4-8-18(19)25/h1-9,20H,10-16H2,(H,23,26)/t20-/m1/s1. The maximum Gasteiger partial charge on any atom is 0.265 e. The minimum atomic E-state index is -0.634. The molecule has 0 saturated carbocycles. The molecule has 1 atom stereocenters. The van der Waals surface area contributed by atoms with E-state index in [9.17, 15) is 9.59 Å². The Balaban J connectivity index is 1.43. The highest BCUT2D eigenvalue weighted by atomic mass is 16.5. The number of carbonyl (C=O) groups is 2. The van der Waals surface area contributed by atoms with Crippen molar-refractivity contribution in [3.63, 3.8) is 0 Å². The molecule has 7 nitrogen and oxygen atoms in total. The van der Waals surface area contributed by atoms with Gasteiger partial charge in [0, 0.05) is 19.6 Å². The van der Waals surface area contributed by atoms with Gasteiger partial charge in [-0.05, 0) is 17.7 Å². The van der Waals surface area contributed by atoms with Gasteiger partial charge in [-0.15, -0.1) is 0 Å². The summed E-state index contributed by atoms with van der Waals surface area (Å²) in [6.07, 6.45) is -0.634. The van der Waals surface area contributed by atoms with Crippen LogP contribution in [0.5, 0.6) is 5.75 Å². The molecule has 0 unspecified atom stereocenters. The maximum absolute atomic E-state index is 12.9. The van der Waals surface area contributed by atoms with Crippen molar-refractivity contribution in [1.82, 2.24) is 10.2 Å². The van der Waals surface area contributed by atoms with E-state index < -0.39 is 6.10 Å². The molecule has 1 N–H and O–H groups in total. The minimum Gasteiger partial charge on any atom is -0.477 e. The molecule has 2 aliphatic heterocycles. The quantitative estimate of drug-likeness (QED) is 0.829. The van der Waals surface area contributed by atoms with E-state index in [0.717, 1.165) is 11.3 Å². The molecule has 4 rings (SSSR count). The fraction of sp³-hybridized carbons (Fsp3) is 0.364. The van der Waals surface area contributed by atoms with E-state index in [0.29, 0.717) is 45.1 Å². The highest BCUT2D eigenvalue weighted by Gasteiger charge is 2.34. The Hall–Kier alpha value is -3.06. The summed E-state index contributed by atoms with van der Waals surface area (Å²) in [4.78, 5) is 29.2. The molecule has 29 heavy (non-hydrogen) atoms. The summed E-state index contributed by atoms with van der Waals surface area (Å²) >= 11 is 0. The zero-order valence-corrected chi connectivity index (χ0v) is 16.3. The summed E-state index contributed by atoms with van der Waals surface area (Å²) in [5, 5.41) is 2.95. The van der Waals surface area contributed by atoms with Crippen LogP contribution in [-0.2, 0) is 20.9 Å². The van der Waals surface area contributed by atoms with Crippen LogP contribution in [0.2, 0.25) is 0 Å². The number of anilines is 1. The van der Waals surface area contributed by atoms with Gasteiger partial charge in [-0.3, -0.25) is 9.59 Å². The number of amides is 2. The molecule has 0 aliphatic carbocycles. The highest BCUT2D eigenvalue weighted by molar-refractivity contribution is 5.86. The number of hydrogen-bond acceptors (Lipinski definition) is 5. The minimum absolute atomic E-state index is 0.0579. The van der Waals surface area contributed by atoms with Crippen LogP contribution in [0, 0.1) is 0 Å². The van der Waals surface area contributed by atoms with Crippen LogP contribution in [0.3, 0.4) is 0 Å². The summed E-state index contributed by atoms with van der Waals surface area (Å²) < 4.78 is 11.3. The first kappa shape index (κ1) is 19.3. The number of hydrogen-bond donors (Lipinski definition) is 1. The number of fused-ring (bicyclic) bond motifs is 1. The molecule has 1 fully saturated rings. The second-order valence-electron chi connectivity index (χ2n) is 7.15. The van der Waals surface area contributed by atoms with E-state index in [2.05, 4.69) is 5.32 Å². The van der Waals surface area contributed by atoms with E-state index in [1.54, 1.807) is 4.90 Å². The Bertz CT molecular complexity index is 852. The SMILES string of the molecule is O=C(CN1C[C@H](C(=O)N2CCOCC2)Oc2ccccc21)NCc1ccccc1. The maximum atomic E-state index is 12.9. The van der Waals surface area contributed by atoms with E-state index in [1.807, 2.05) is 59.5 Å². The third kappa shape index (κ3) is 4.68. The van der Waals surface area contributed by atoms with Gasteiger partial charge in [-0.2, -0.15) is 0 Å². The molecule has 2 aromatic carbocycles. The van der Waals surface area contributed by atoms with Gasteiger partial charge in [-0.1, -0.05) is 42.5 Å². The fourth-order valence-electron chi connectivity index (χ4n) is 3.60. The summed E-state index contributed by atoms with van der Waals surface area (Å²) in [7, 11) is 0. The van der Waals surface area contributed by atoms with Crippen molar-refractivity contribution in [1.29, 1.82) is 0 Å². The average molecular weight is 395 g/mol. The van der Waals surface area contributed by atoms with Crippen molar-refractivity contribution in [2.75, 3.05) is 44.3 Å². The van der Waals surface area contributed by atoms with Gasteiger partial charge in [0.1, 0.15) is 5.75 Å². The van der Waals surface area contributed by atoms with Gasteiger partial charge in [0.2, 0.25) is 5.91 Å². The fourth-order valence-corrected chi connectivity index (χ4v) is 3.60. The lowest BCUT2D eigenvalue weighted by molar-refractivity contribution is -0.142. The van der Waals surface area contributed by atoms with Crippen LogP contribution in [0.15, 0.2) is 54.6 Å². The molecule has 0 radical (unpaired) electrons. The van der Waals surface area contributed by atoms with Crippen molar-refractivity contribution in [2.45, 2.75) is 12.6 Å². The van der Waals surface area contributed by atoms with E-state index in [1.165, 1.54) is 0 Å². The number of nitrogens with one attached hydrogen (secondary N) is 1. The molecule has 0 aromatic heterocycles. The number of benzene rings is 2. The third-order valence-corrected chi connectivity index (χ3v) is 5.13. The van der Waals surface area contributed by atoms with Crippen molar-refractivity contribution in [2.24, 2.45) is 0 Å². The summed E-state index contributed by atoms with van der Waals surface area (Å²) in [6.45, 7) is 3.20. The van der Waals surface area contributed by atoms with Crippen molar-refractivity contribution >= 4 is 17.5 Å². The van der Waals surface area contributed by atoms with Gasteiger partial charge in [0.25, 0.3) is 5.91 Å². The van der Waals surface area contributed by atoms with Gasteiger partial charge >= 0.3 is 0 Å². The highest BCUT2D eigenvalue weighted by Crippen LogP contribution is 2.33. The van der Waals surface area contributed by atoms with Crippen LogP contribution in [0.25, 0.3) is 0 Å². The zero-order valence-electron chi connectivity index (χ0n) is 16.3. The van der Waals surface area contributed by atoms with E-state index in [-0.39, 0.29) is 18.4 Å². The number of para-hydroxylation sites is 2. The average Bonchev–Trinajstić information content (AvgIpc) is 2.78. The Kier molecular flexibility index (Phi) is 5.95. The Morgan fingerprint density at radius 2 is 1.72 bits per heavy atom. The van der Waals surface area contributed by atoms with E-state index in [4.69, 9.17) is 9.47 Å². The largest absolute Gasteiger partial charge is 0.477 e. The predicted octanol–water partition coefficient (Wildman–Crippen LogP) is 1.43. The number of ether oxygens (including phenoxy) is 2. The first-order valence-electron chi connectivity index (χ1n) is 9.88. The van der Waals surface area contributed by atoms with Gasteiger partial charge in [0.05, 0.1) is 32.0 Å². The van der Waals surface area contributed by atoms with Gasteiger partial charge in [-0.25, -0.2) is 0 Å². The molecule has 7 heteroatoms. The number of rotatable bonds is 5. The molecule has 152 valence electrons. The molecule has 2 amide bonds. The Labute approximate surface area is 170 Å². The van der Waals surface area contributed by atoms with Crippen molar-refractivity contribution in [3.05, 3.63) is 60.2 Å². The Morgan fingerprint density at radius 1 is 1.00 bits per heavy atom. The molecule has 1 saturated heterocycles.